The van der Waals surface area contributed by atoms with E-state index >= 15 is 0 Å². The van der Waals surface area contributed by atoms with E-state index in [1.54, 1.807) is 0 Å². The monoisotopic (exact) mass is 307 g/mol. The van der Waals surface area contributed by atoms with Gasteiger partial charge in [-0.05, 0) is 50.3 Å². The number of thiocarbonyl (C=S) groups is 1. The molecule has 1 fully saturated rings. The second-order valence-corrected chi connectivity index (χ2v) is 6.16. The third kappa shape index (κ3) is 5.99. The molecule has 1 aliphatic rings. The van der Waals surface area contributed by atoms with Gasteiger partial charge in [0.05, 0.1) is 6.10 Å². The summed E-state index contributed by atoms with van der Waals surface area (Å²) in [5.41, 5.74) is 2.56. The molecule has 0 amide bonds. The van der Waals surface area contributed by atoms with Crippen molar-refractivity contribution in [3.8, 4) is 0 Å². The topological polar surface area (TPSA) is 36.5 Å². The Kier molecular flexibility index (Phi) is 6.42. The molecule has 0 spiro atoms. The average molecular weight is 307 g/mol. The van der Waals surface area contributed by atoms with Gasteiger partial charge < -0.3 is 20.3 Å². The molecule has 1 heterocycles. The highest BCUT2D eigenvalue weighted by molar-refractivity contribution is 7.80. The molecule has 0 aromatic heterocycles. The number of benzene rings is 1. The Morgan fingerprint density at radius 2 is 1.95 bits per heavy atom. The summed E-state index contributed by atoms with van der Waals surface area (Å²) >= 11 is 5.29. The minimum Gasteiger partial charge on any atom is -0.376 e. The first-order valence-electron chi connectivity index (χ1n) is 7.49. The first kappa shape index (κ1) is 16.2. The fraction of sp³-hybridized carbons (Fsp3) is 0.562. The molecule has 1 aromatic carbocycles. The molecule has 5 heteroatoms. The molecular formula is C16H25N3OS. The number of ether oxygens (including phenoxy) is 1. The van der Waals surface area contributed by atoms with Crippen molar-refractivity contribution in [3.05, 3.63) is 35.4 Å². The molecular weight excluding hydrogens is 282 g/mol. The van der Waals surface area contributed by atoms with E-state index in [1.165, 1.54) is 11.1 Å². The largest absolute Gasteiger partial charge is 0.376 e. The maximum Gasteiger partial charge on any atom is 0.166 e. The van der Waals surface area contributed by atoms with Crippen LogP contribution in [-0.2, 0) is 17.8 Å². The van der Waals surface area contributed by atoms with E-state index in [9.17, 15) is 0 Å². The Morgan fingerprint density at radius 1 is 1.24 bits per heavy atom. The van der Waals surface area contributed by atoms with Crippen LogP contribution in [0.5, 0.6) is 0 Å². The molecule has 1 aromatic rings. The molecule has 21 heavy (non-hydrogen) atoms. The van der Waals surface area contributed by atoms with Crippen LogP contribution in [0.4, 0.5) is 0 Å². The van der Waals surface area contributed by atoms with Crippen LogP contribution >= 0.6 is 12.2 Å². The summed E-state index contributed by atoms with van der Waals surface area (Å²) in [6, 6.07) is 8.63. The van der Waals surface area contributed by atoms with Gasteiger partial charge in [-0.3, -0.25) is 0 Å². The predicted octanol–water partition coefficient (Wildman–Crippen LogP) is 1.89. The van der Waals surface area contributed by atoms with Crippen molar-refractivity contribution in [2.75, 3.05) is 27.2 Å². The maximum absolute atomic E-state index is 5.56. The number of rotatable bonds is 6. The molecule has 0 saturated carbocycles. The van der Waals surface area contributed by atoms with Gasteiger partial charge in [0.1, 0.15) is 0 Å². The van der Waals surface area contributed by atoms with Crippen LogP contribution in [0, 0.1) is 0 Å². The molecule has 0 aliphatic carbocycles. The molecule has 0 bridgehead atoms. The fourth-order valence-corrected chi connectivity index (χ4v) is 2.54. The minimum absolute atomic E-state index is 0.315. The van der Waals surface area contributed by atoms with Crippen molar-refractivity contribution >= 4 is 17.3 Å². The number of hydrogen-bond donors (Lipinski definition) is 2. The zero-order valence-electron chi connectivity index (χ0n) is 12.9. The molecule has 2 rings (SSSR count). The Bertz CT molecular complexity index is 441. The minimum atomic E-state index is 0.315. The lowest BCUT2D eigenvalue weighted by Gasteiger charge is -2.14. The van der Waals surface area contributed by atoms with Crippen molar-refractivity contribution in [3.63, 3.8) is 0 Å². The zero-order valence-corrected chi connectivity index (χ0v) is 13.7. The van der Waals surface area contributed by atoms with Gasteiger partial charge in [0.15, 0.2) is 5.11 Å². The lowest BCUT2D eigenvalue weighted by molar-refractivity contribution is 0.114. The van der Waals surface area contributed by atoms with E-state index in [0.717, 1.165) is 39.1 Å². The van der Waals surface area contributed by atoms with Gasteiger partial charge in [0, 0.05) is 26.2 Å². The van der Waals surface area contributed by atoms with Crippen LogP contribution in [0.25, 0.3) is 0 Å². The highest BCUT2D eigenvalue weighted by atomic mass is 32.1. The van der Waals surface area contributed by atoms with Crippen LogP contribution in [0.1, 0.15) is 24.0 Å². The Hall–Kier alpha value is -1.17. The predicted molar refractivity (Wildman–Crippen MR) is 90.2 cm³/mol. The van der Waals surface area contributed by atoms with E-state index in [2.05, 4.69) is 53.9 Å². The van der Waals surface area contributed by atoms with Gasteiger partial charge in [-0.25, -0.2) is 0 Å². The molecule has 0 radical (unpaired) electrons. The molecule has 2 N–H and O–H groups in total. The lowest BCUT2D eigenvalue weighted by atomic mass is 10.1. The van der Waals surface area contributed by atoms with Crippen LogP contribution < -0.4 is 10.6 Å². The van der Waals surface area contributed by atoms with Crippen LogP contribution in [0.2, 0.25) is 0 Å². The molecule has 1 atom stereocenters. The highest BCUT2D eigenvalue weighted by Gasteiger charge is 2.15. The number of hydrogen-bond acceptors (Lipinski definition) is 3. The van der Waals surface area contributed by atoms with E-state index in [0.29, 0.717) is 11.2 Å². The summed E-state index contributed by atoms with van der Waals surface area (Å²) in [5, 5.41) is 7.16. The normalized spacial score (nSPS) is 18.0. The number of nitrogens with one attached hydrogen (secondary N) is 2. The van der Waals surface area contributed by atoms with Crippen LogP contribution in [-0.4, -0.2) is 43.4 Å². The van der Waals surface area contributed by atoms with Gasteiger partial charge in [0.25, 0.3) is 0 Å². The van der Waals surface area contributed by atoms with Gasteiger partial charge in [-0.1, -0.05) is 24.3 Å². The van der Waals surface area contributed by atoms with E-state index in [4.69, 9.17) is 17.0 Å². The first-order chi connectivity index (χ1) is 10.1. The van der Waals surface area contributed by atoms with Crippen molar-refractivity contribution in [1.29, 1.82) is 0 Å². The standard InChI is InChI=1S/C16H25N3OS/c1-19(2)12-14-7-5-13(6-8-14)10-17-16(21)18-11-15-4-3-9-20-15/h5-8,15H,3-4,9-12H2,1-2H3,(H2,17,18,21)/t15-/m1/s1. The van der Waals surface area contributed by atoms with E-state index in [1.807, 2.05) is 0 Å². The number of nitrogens with zero attached hydrogens (tertiary/aromatic N) is 1. The summed E-state index contributed by atoms with van der Waals surface area (Å²) in [5.74, 6) is 0. The summed E-state index contributed by atoms with van der Waals surface area (Å²) in [6.45, 7) is 3.40. The average Bonchev–Trinajstić information content (AvgIpc) is 2.97. The van der Waals surface area contributed by atoms with Gasteiger partial charge in [0.2, 0.25) is 0 Å². The highest BCUT2D eigenvalue weighted by Crippen LogP contribution is 2.10. The van der Waals surface area contributed by atoms with Gasteiger partial charge in [-0.15, -0.1) is 0 Å². The second-order valence-electron chi connectivity index (χ2n) is 5.75. The van der Waals surface area contributed by atoms with Crippen molar-refractivity contribution < 1.29 is 4.74 Å². The fourth-order valence-electron chi connectivity index (χ4n) is 2.38. The SMILES string of the molecule is CN(C)Cc1ccc(CNC(=S)NC[C@H]2CCCO2)cc1. The van der Waals surface area contributed by atoms with Crippen molar-refractivity contribution in [2.45, 2.75) is 32.0 Å². The smallest absolute Gasteiger partial charge is 0.166 e. The summed E-state index contributed by atoms with van der Waals surface area (Å²) < 4.78 is 5.56. The first-order valence-corrected chi connectivity index (χ1v) is 7.90. The molecule has 1 saturated heterocycles. The molecule has 116 valence electrons. The van der Waals surface area contributed by atoms with E-state index < -0.39 is 0 Å². The third-order valence-corrected chi connectivity index (χ3v) is 3.78. The van der Waals surface area contributed by atoms with Crippen LogP contribution in [0.3, 0.4) is 0 Å². The summed E-state index contributed by atoms with van der Waals surface area (Å²) in [4.78, 5) is 2.16. The third-order valence-electron chi connectivity index (χ3n) is 3.49. The van der Waals surface area contributed by atoms with E-state index in [-0.39, 0.29) is 0 Å². The molecule has 1 aliphatic heterocycles. The summed E-state index contributed by atoms with van der Waals surface area (Å²) in [6.07, 6.45) is 2.60. The van der Waals surface area contributed by atoms with Crippen LogP contribution in [0.15, 0.2) is 24.3 Å². The maximum atomic E-state index is 5.56. The Balaban J connectivity index is 1.68. The quantitative estimate of drug-likeness (QED) is 0.785. The molecule has 0 unspecified atom stereocenters. The lowest BCUT2D eigenvalue weighted by Crippen LogP contribution is -2.39. The molecule has 4 nitrogen and oxygen atoms in total. The van der Waals surface area contributed by atoms with Crippen molar-refractivity contribution in [2.24, 2.45) is 0 Å². The second kappa shape index (κ2) is 8.32. The van der Waals surface area contributed by atoms with Gasteiger partial charge >= 0.3 is 0 Å². The van der Waals surface area contributed by atoms with Crippen molar-refractivity contribution in [1.82, 2.24) is 15.5 Å². The Labute approximate surface area is 132 Å². The summed E-state index contributed by atoms with van der Waals surface area (Å²) in [7, 11) is 4.15. The zero-order chi connectivity index (χ0) is 15.1. The Morgan fingerprint density at radius 3 is 2.57 bits per heavy atom. The van der Waals surface area contributed by atoms with Gasteiger partial charge in [-0.2, -0.15) is 0 Å².